The van der Waals surface area contributed by atoms with Gasteiger partial charge in [-0.25, -0.2) is 0 Å². The van der Waals surface area contributed by atoms with Crippen LogP contribution in [0, 0.1) is 5.41 Å². The summed E-state index contributed by atoms with van der Waals surface area (Å²) in [6, 6.07) is 13.0. The van der Waals surface area contributed by atoms with Crippen molar-refractivity contribution in [3.8, 4) is 0 Å². The largest absolute Gasteiger partial charge is 0.325 e. The first kappa shape index (κ1) is 20.0. The first-order chi connectivity index (χ1) is 12.6. The molecule has 0 spiro atoms. The van der Waals surface area contributed by atoms with Crippen molar-refractivity contribution in [1.82, 2.24) is 0 Å². The molecule has 2 aromatic carbocycles. The van der Waals surface area contributed by atoms with Crippen molar-refractivity contribution in [3.05, 3.63) is 59.7 Å². The van der Waals surface area contributed by atoms with Crippen LogP contribution in [0.1, 0.15) is 48.4 Å². The summed E-state index contributed by atoms with van der Waals surface area (Å²) in [6.45, 7) is 5.88. The van der Waals surface area contributed by atoms with Crippen LogP contribution in [0.15, 0.2) is 48.5 Å². The molecule has 0 aliphatic rings. The summed E-state index contributed by atoms with van der Waals surface area (Å²) >= 11 is 0. The minimum Gasteiger partial charge on any atom is -0.325 e. The summed E-state index contributed by atoms with van der Waals surface area (Å²) in [4.78, 5) is 48.2. The van der Waals surface area contributed by atoms with Crippen LogP contribution < -0.4 is 10.6 Å². The van der Waals surface area contributed by atoms with Crippen molar-refractivity contribution in [2.45, 2.75) is 27.7 Å². The van der Waals surface area contributed by atoms with Crippen molar-refractivity contribution in [2.24, 2.45) is 5.41 Å². The summed E-state index contributed by atoms with van der Waals surface area (Å²) in [5, 5.41) is 5.34. The number of hydrogen-bond acceptors (Lipinski definition) is 4. The molecule has 27 heavy (non-hydrogen) atoms. The maximum Gasteiger partial charge on any atom is 0.239 e. The van der Waals surface area contributed by atoms with Crippen LogP contribution in [0.3, 0.4) is 0 Å². The third-order valence-corrected chi connectivity index (χ3v) is 4.19. The average molecular weight is 366 g/mol. The molecule has 0 saturated heterocycles. The Kier molecular flexibility index (Phi) is 5.90. The van der Waals surface area contributed by atoms with Crippen LogP contribution in [-0.2, 0) is 9.59 Å². The average Bonchev–Trinajstić information content (AvgIpc) is 2.61. The molecule has 0 atom stereocenters. The van der Waals surface area contributed by atoms with Crippen LogP contribution in [0.5, 0.6) is 0 Å². The van der Waals surface area contributed by atoms with Gasteiger partial charge in [0.15, 0.2) is 11.6 Å². The summed E-state index contributed by atoms with van der Waals surface area (Å²) < 4.78 is 0. The standard InChI is InChI=1S/C21H22N2O4/c1-13(24)15-7-5-9-17(11-15)22-19(26)21(3,4)20(27)23-18-10-6-8-16(12-18)14(2)25/h5-12H,1-4H3,(H,22,26)(H,23,27). The van der Waals surface area contributed by atoms with Crippen molar-refractivity contribution in [1.29, 1.82) is 0 Å². The Labute approximate surface area is 158 Å². The SMILES string of the molecule is CC(=O)c1cccc(NC(=O)C(C)(C)C(=O)Nc2cccc(C(C)=O)c2)c1. The second-order valence-corrected chi connectivity index (χ2v) is 6.81. The zero-order valence-corrected chi connectivity index (χ0v) is 15.8. The summed E-state index contributed by atoms with van der Waals surface area (Å²) in [7, 11) is 0. The topological polar surface area (TPSA) is 92.3 Å². The van der Waals surface area contributed by atoms with Gasteiger partial charge in [0.05, 0.1) is 0 Å². The highest BCUT2D eigenvalue weighted by Crippen LogP contribution is 2.22. The van der Waals surface area contributed by atoms with Gasteiger partial charge in [-0.05, 0) is 52.0 Å². The lowest BCUT2D eigenvalue weighted by Gasteiger charge is -2.23. The first-order valence-electron chi connectivity index (χ1n) is 8.46. The Bertz CT molecular complexity index is 842. The summed E-state index contributed by atoms with van der Waals surface area (Å²) in [5.74, 6) is -1.26. The van der Waals surface area contributed by atoms with E-state index in [-0.39, 0.29) is 11.6 Å². The van der Waals surface area contributed by atoms with Crippen LogP contribution in [-0.4, -0.2) is 23.4 Å². The predicted octanol–water partition coefficient (Wildman–Crippen LogP) is 3.70. The van der Waals surface area contributed by atoms with Gasteiger partial charge in [0, 0.05) is 22.5 Å². The highest BCUT2D eigenvalue weighted by Gasteiger charge is 2.36. The molecule has 140 valence electrons. The first-order valence-corrected chi connectivity index (χ1v) is 8.46. The molecule has 0 radical (unpaired) electrons. The zero-order valence-electron chi connectivity index (χ0n) is 15.8. The fraction of sp³-hybridized carbons (Fsp3) is 0.238. The minimum atomic E-state index is -1.38. The van der Waals surface area contributed by atoms with Gasteiger partial charge in [0.1, 0.15) is 5.41 Å². The van der Waals surface area contributed by atoms with E-state index in [1.807, 2.05) is 0 Å². The monoisotopic (exact) mass is 366 g/mol. The molecule has 0 bridgehead atoms. The van der Waals surface area contributed by atoms with E-state index in [0.717, 1.165) is 0 Å². The number of carbonyl (C=O) groups is 4. The van der Waals surface area contributed by atoms with E-state index >= 15 is 0 Å². The molecule has 6 heteroatoms. The number of amides is 2. The molecule has 2 amide bonds. The Morgan fingerprint density at radius 3 is 1.41 bits per heavy atom. The fourth-order valence-electron chi connectivity index (χ4n) is 2.31. The quantitative estimate of drug-likeness (QED) is 0.602. The predicted molar refractivity (Wildman–Crippen MR) is 104 cm³/mol. The van der Waals surface area contributed by atoms with Crippen molar-refractivity contribution in [2.75, 3.05) is 10.6 Å². The lowest BCUT2D eigenvalue weighted by molar-refractivity contribution is -0.135. The smallest absolute Gasteiger partial charge is 0.239 e. The normalized spacial score (nSPS) is 10.8. The van der Waals surface area contributed by atoms with Crippen LogP contribution in [0.4, 0.5) is 11.4 Å². The van der Waals surface area contributed by atoms with E-state index < -0.39 is 17.2 Å². The molecule has 0 fully saturated rings. The van der Waals surface area contributed by atoms with Gasteiger partial charge in [0.2, 0.25) is 11.8 Å². The Morgan fingerprint density at radius 2 is 1.07 bits per heavy atom. The van der Waals surface area contributed by atoms with E-state index in [2.05, 4.69) is 10.6 Å². The Balaban J connectivity index is 2.14. The Hall–Kier alpha value is -3.28. The van der Waals surface area contributed by atoms with Crippen molar-refractivity contribution < 1.29 is 19.2 Å². The fourth-order valence-corrected chi connectivity index (χ4v) is 2.31. The summed E-state index contributed by atoms with van der Waals surface area (Å²) in [6.07, 6.45) is 0. The molecule has 0 aliphatic carbocycles. The number of ketones is 2. The molecular formula is C21H22N2O4. The third kappa shape index (κ3) is 4.88. The number of benzene rings is 2. The lowest BCUT2D eigenvalue weighted by atomic mass is 9.90. The van der Waals surface area contributed by atoms with Gasteiger partial charge < -0.3 is 10.6 Å². The molecule has 0 heterocycles. The molecule has 0 unspecified atom stereocenters. The number of Topliss-reactive ketones (excluding diaryl/α,β-unsaturated/α-hetero) is 2. The third-order valence-electron chi connectivity index (χ3n) is 4.19. The number of nitrogens with one attached hydrogen (secondary N) is 2. The maximum atomic E-state index is 12.6. The molecule has 2 rings (SSSR count). The summed E-state index contributed by atoms with van der Waals surface area (Å²) in [5.41, 5.74) is 0.435. The number of hydrogen-bond donors (Lipinski definition) is 2. The van der Waals surface area contributed by atoms with E-state index in [4.69, 9.17) is 0 Å². The van der Waals surface area contributed by atoms with Gasteiger partial charge in [0.25, 0.3) is 0 Å². The number of carbonyl (C=O) groups excluding carboxylic acids is 4. The number of anilines is 2. The molecule has 2 aromatic rings. The van der Waals surface area contributed by atoms with E-state index in [1.54, 1.807) is 48.5 Å². The van der Waals surface area contributed by atoms with Gasteiger partial charge >= 0.3 is 0 Å². The highest BCUT2D eigenvalue weighted by atomic mass is 16.2. The molecule has 0 aliphatic heterocycles. The molecular weight excluding hydrogens is 344 g/mol. The lowest BCUT2D eigenvalue weighted by Crippen LogP contribution is -2.41. The second-order valence-electron chi connectivity index (χ2n) is 6.81. The number of rotatable bonds is 6. The molecule has 2 N–H and O–H groups in total. The van der Waals surface area contributed by atoms with E-state index in [1.165, 1.54) is 27.7 Å². The van der Waals surface area contributed by atoms with Gasteiger partial charge in [-0.3, -0.25) is 19.2 Å². The molecule has 0 saturated carbocycles. The molecule has 0 aromatic heterocycles. The highest BCUT2D eigenvalue weighted by molar-refractivity contribution is 6.14. The molecule has 6 nitrogen and oxygen atoms in total. The van der Waals surface area contributed by atoms with Gasteiger partial charge in [-0.2, -0.15) is 0 Å². The maximum absolute atomic E-state index is 12.6. The van der Waals surface area contributed by atoms with Crippen LogP contribution >= 0.6 is 0 Å². The van der Waals surface area contributed by atoms with Crippen molar-refractivity contribution >= 4 is 34.8 Å². The zero-order chi connectivity index (χ0) is 20.2. The van der Waals surface area contributed by atoms with Crippen LogP contribution in [0.2, 0.25) is 0 Å². The van der Waals surface area contributed by atoms with Crippen LogP contribution in [0.25, 0.3) is 0 Å². The Morgan fingerprint density at radius 1 is 0.704 bits per heavy atom. The second kappa shape index (κ2) is 7.95. The van der Waals surface area contributed by atoms with Gasteiger partial charge in [-0.1, -0.05) is 24.3 Å². The van der Waals surface area contributed by atoms with Gasteiger partial charge in [-0.15, -0.1) is 0 Å². The van der Waals surface area contributed by atoms with E-state index in [9.17, 15) is 19.2 Å². The minimum absolute atomic E-state index is 0.117. The van der Waals surface area contributed by atoms with E-state index in [0.29, 0.717) is 22.5 Å². The van der Waals surface area contributed by atoms with Crippen molar-refractivity contribution in [3.63, 3.8) is 0 Å².